The van der Waals surface area contributed by atoms with Crippen molar-refractivity contribution in [2.45, 2.75) is 18.4 Å². The predicted molar refractivity (Wildman–Crippen MR) is 76.9 cm³/mol. The third kappa shape index (κ3) is 2.83. The average molecular weight is 305 g/mol. The first-order valence-electron chi connectivity index (χ1n) is 6.91. The summed E-state index contributed by atoms with van der Waals surface area (Å²) in [6, 6.07) is 4.35. The number of halogens is 1. The molecule has 0 unspecified atom stereocenters. The van der Waals surface area contributed by atoms with Gasteiger partial charge in [-0.1, -0.05) is 0 Å². The first kappa shape index (κ1) is 14.6. The Morgan fingerprint density at radius 1 is 1.41 bits per heavy atom. The Labute approximate surface area is 126 Å². The predicted octanol–water partition coefficient (Wildman–Crippen LogP) is 0.853. The van der Waals surface area contributed by atoms with E-state index in [0.717, 1.165) is 0 Å². The standard InChI is InChI=1S/C14H16FN5O2/c15-11-7-10(1-2-12(11)20-9-17-8-18-20)19-13(21)14(16)3-5-22-6-4-14/h1-2,7-9H,3-6,16H2,(H,19,21). The molecule has 3 rings (SSSR count). The molecule has 0 aliphatic carbocycles. The highest BCUT2D eigenvalue weighted by atomic mass is 19.1. The lowest BCUT2D eigenvalue weighted by molar-refractivity contribution is -0.124. The van der Waals surface area contributed by atoms with Crippen LogP contribution in [0.25, 0.3) is 5.69 Å². The number of hydrogen-bond donors (Lipinski definition) is 2. The molecule has 0 atom stereocenters. The van der Waals surface area contributed by atoms with Crippen molar-refractivity contribution in [3.8, 4) is 5.69 Å². The van der Waals surface area contributed by atoms with Crippen LogP contribution >= 0.6 is 0 Å². The topological polar surface area (TPSA) is 95.1 Å². The summed E-state index contributed by atoms with van der Waals surface area (Å²) in [5, 5.41) is 6.53. The molecule has 1 aliphatic rings. The molecule has 0 saturated carbocycles. The molecule has 1 amide bonds. The van der Waals surface area contributed by atoms with E-state index in [2.05, 4.69) is 15.4 Å². The molecule has 1 aliphatic heterocycles. The zero-order valence-electron chi connectivity index (χ0n) is 11.8. The number of ether oxygens (including phenoxy) is 1. The minimum Gasteiger partial charge on any atom is -0.381 e. The second-order valence-corrected chi connectivity index (χ2v) is 5.23. The van der Waals surface area contributed by atoms with E-state index in [1.165, 1.54) is 29.5 Å². The van der Waals surface area contributed by atoms with Crippen LogP contribution in [-0.2, 0) is 9.53 Å². The van der Waals surface area contributed by atoms with Gasteiger partial charge in [0.1, 0.15) is 23.9 Å². The van der Waals surface area contributed by atoms with E-state index in [1.54, 1.807) is 6.07 Å². The highest BCUT2D eigenvalue weighted by Crippen LogP contribution is 2.22. The van der Waals surface area contributed by atoms with Gasteiger partial charge in [-0.3, -0.25) is 4.79 Å². The lowest BCUT2D eigenvalue weighted by Crippen LogP contribution is -2.54. The lowest BCUT2D eigenvalue weighted by Gasteiger charge is -2.31. The summed E-state index contributed by atoms with van der Waals surface area (Å²) < 4.78 is 20.6. The maximum atomic E-state index is 14.1. The normalized spacial score (nSPS) is 17.2. The zero-order valence-corrected chi connectivity index (χ0v) is 11.8. The molecule has 8 heteroatoms. The van der Waals surface area contributed by atoms with Gasteiger partial charge in [-0.2, -0.15) is 5.10 Å². The van der Waals surface area contributed by atoms with Gasteiger partial charge in [0.15, 0.2) is 5.82 Å². The third-order valence-corrected chi connectivity index (χ3v) is 3.71. The maximum absolute atomic E-state index is 14.1. The zero-order chi connectivity index (χ0) is 15.6. The van der Waals surface area contributed by atoms with Crippen LogP contribution in [0.1, 0.15) is 12.8 Å². The van der Waals surface area contributed by atoms with Gasteiger partial charge < -0.3 is 15.8 Å². The monoisotopic (exact) mass is 305 g/mol. The molecule has 2 aromatic rings. The molecule has 22 heavy (non-hydrogen) atoms. The van der Waals surface area contributed by atoms with Crippen molar-refractivity contribution >= 4 is 11.6 Å². The minimum atomic E-state index is -0.973. The molecular weight excluding hydrogens is 289 g/mol. The van der Waals surface area contributed by atoms with Crippen LogP contribution in [0.15, 0.2) is 30.9 Å². The lowest BCUT2D eigenvalue weighted by atomic mass is 9.90. The second kappa shape index (κ2) is 5.82. The van der Waals surface area contributed by atoms with Crippen molar-refractivity contribution in [2.75, 3.05) is 18.5 Å². The first-order valence-corrected chi connectivity index (χ1v) is 6.91. The molecular formula is C14H16FN5O2. The van der Waals surface area contributed by atoms with Crippen molar-refractivity contribution < 1.29 is 13.9 Å². The van der Waals surface area contributed by atoms with Gasteiger partial charge in [-0.05, 0) is 31.0 Å². The van der Waals surface area contributed by atoms with Gasteiger partial charge >= 0.3 is 0 Å². The van der Waals surface area contributed by atoms with Gasteiger partial charge in [-0.15, -0.1) is 0 Å². The highest BCUT2D eigenvalue weighted by Gasteiger charge is 2.35. The van der Waals surface area contributed by atoms with Crippen LogP contribution in [0.2, 0.25) is 0 Å². The maximum Gasteiger partial charge on any atom is 0.244 e. The van der Waals surface area contributed by atoms with Crippen molar-refractivity contribution in [1.82, 2.24) is 14.8 Å². The number of nitrogens with two attached hydrogens (primary N) is 1. The number of nitrogens with one attached hydrogen (secondary N) is 1. The van der Waals surface area contributed by atoms with E-state index in [0.29, 0.717) is 31.7 Å². The molecule has 0 spiro atoms. The Hall–Kier alpha value is -2.32. The molecule has 3 N–H and O–H groups in total. The van der Waals surface area contributed by atoms with Gasteiger partial charge in [0.25, 0.3) is 0 Å². The largest absolute Gasteiger partial charge is 0.381 e. The summed E-state index contributed by atoms with van der Waals surface area (Å²) in [6.07, 6.45) is 3.60. The van der Waals surface area contributed by atoms with E-state index >= 15 is 0 Å². The number of hydrogen-bond acceptors (Lipinski definition) is 5. The highest BCUT2D eigenvalue weighted by molar-refractivity contribution is 5.98. The van der Waals surface area contributed by atoms with Crippen LogP contribution in [0.3, 0.4) is 0 Å². The minimum absolute atomic E-state index is 0.254. The quantitative estimate of drug-likeness (QED) is 0.876. The number of carbonyl (C=O) groups excluding carboxylic acids is 1. The van der Waals surface area contributed by atoms with Crippen LogP contribution in [0.5, 0.6) is 0 Å². The Kier molecular flexibility index (Phi) is 3.86. The average Bonchev–Trinajstić information content (AvgIpc) is 3.02. The summed E-state index contributed by atoms with van der Waals surface area (Å²) >= 11 is 0. The summed E-state index contributed by atoms with van der Waals surface area (Å²) in [5.41, 5.74) is 5.72. The fraction of sp³-hybridized carbons (Fsp3) is 0.357. The third-order valence-electron chi connectivity index (χ3n) is 3.71. The van der Waals surface area contributed by atoms with Gasteiger partial charge in [-0.25, -0.2) is 14.1 Å². The smallest absolute Gasteiger partial charge is 0.244 e. The SMILES string of the molecule is NC1(C(=O)Nc2ccc(-n3cncn3)c(F)c2)CCOCC1. The number of carbonyl (C=O) groups is 1. The van der Waals surface area contributed by atoms with Crippen molar-refractivity contribution in [1.29, 1.82) is 0 Å². The summed E-state index contributed by atoms with van der Waals surface area (Å²) in [6.45, 7) is 0.896. The Bertz CT molecular complexity index is 668. The fourth-order valence-electron chi connectivity index (χ4n) is 2.32. The van der Waals surface area contributed by atoms with Crippen molar-refractivity contribution in [3.63, 3.8) is 0 Å². The Balaban J connectivity index is 1.76. The van der Waals surface area contributed by atoms with Crippen LogP contribution in [0.4, 0.5) is 10.1 Å². The number of benzene rings is 1. The number of amides is 1. The van der Waals surface area contributed by atoms with Gasteiger partial charge in [0.2, 0.25) is 5.91 Å². The van der Waals surface area contributed by atoms with E-state index in [9.17, 15) is 9.18 Å². The molecule has 1 aromatic heterocycles. The van der Waals surface area contributed by atoms with Crippen LogP contribution < -0.4 is 11.1 Å². The molecule has 2 heterocycles. The van der Waals surface area contributed by atoms with E-state index < -0.39 is 11.4 Å². The number of aromatic nitrogens is 3. The van der Waals surface area contributed by atoms with Crippen molar-refractivity contribution in [3.05, 3.63) is 36.7 Å². The summed E-state index contributed by atoms with van der Waals surface area (Å²) in [7, 11) is 0. The Morgan fingerprint density at radius 3 is 2.82 bits per heavy atom. The van der Waals surface area contributed by atoms with Gasteiger partial charge in [0, 0.05) is 18.9 Å². The van der Waals surface area contributed by atoms with E-state index in [-0.39, 0.29) is 11.6 Å². The molecule has 0 bridgehead atoms. The van der Waals surface area contributed by atoms with Gasteiger partial charge in [0.05, 0.1) is 0 Å². The van der Waals surface area contributed by atoms with E-state index in [1.807, 2.05) is 0 Å². The fourth-order valence-corrected chi connectivity index (χ4v) is 2.32. The van der Waals surface area contributed by atoms with Crippen molar-refractivity contribution in [2.24, 2.45) is 5.73 Å². The summed E-state index contributed by atoms with van der Waals surface area (Å²) in [5.74, 6) is -0.843. The van der Waals surface area contributed by atoms with Crippen LogP contribution in [0, 0.1) is 5.82 Å². The number of rotatable bonds is 3. The van der Waals surface area contributed by atoms with Crippen LogP contribution in [-0.4, -0.2) is 39.4 Å². The molecule has 1 aromatic carbocycles. The van der Waals surface area contributed by atoms with E-state index in [4.69, 9.17) is 10.5 Å². The molecule has 1 fully saturated rings. The molecule has 116 valence electrons. The molecule has 1 saturated heterocycles. The second-order valence-electron chi connectivity index (χ2n) is 5.23. The first-order chi connectivity index (χ1) is 10.6. The molecule has 0 radical (unpaired) electrons. The number of nitrogens with zero attached hydrogens (tertiary/aromatic N) is 3. The molecule has 7 nitrogen and oxygen atoms in total. The Morgan fingerprint density at radius 2 is 2.18 bits per heavy atom. The number of anilines is 1. The summed E-state index contributed by atoms with van der Waals surface area (Å²) in [4.78, 5) is 16.0.